The van der Waals surface area contributed by atoms with Gasteiger partial charge in [0, 0.05) is 40.8 Å². The number of hydrogen-bond donors (Lipinski definition) is 3. The highest BCUT2D eigenvalue weighted by molar-refractivity contribution is 7.91. The van der Waals surface area contributed by atoms with Crippen molar-refractivity contribution in [3.63, 3.8) is 0 Å². The molecule has 6 rings (SSSR count). The molecule has 2 aliphatic carbocycles. The summed E-state index contributed by atoms with van der Waals surface area (Å²) in [6, 6.07) is 3.04. The van der Waals surface area contributed by atoms with E-state index in [1.807, 2.05) is 39.0 Å². The zero-order valence-corrected chi connectivity index (χ0v) is 33.9. The monoisotopic (exact) mass is 795 g/mol. The minimum Gasteiger partial charge on any atom is -0.496 e. The summed E-state index contributed by atoms with van der Waals surface area (Å²) in [6.07, 6.45) is 5.43. The first-order valence-corrected chi connectivity index (χ1v) is 20.6. The second-order valence-electron chi connectivity index (χ2n) is 17.0. The number of pyridine rings is 1. The van der Waals surface area contributed by atoms with Crippen molar-refractivity contribution in [1.82, 2.24) is 25.2 Å². The van der Waals surface area contributed by atoms with E-state index in [0.717, 1.165) is 5.56 Å². The normalized spacial score (nSPS) is 27.2. The molecule has 4 aliphatic rings. The van der Waals surface area contributed by atoms with Crippen molar-refractivity contribution in [3.8, 4) is 17.4 Å². The van der Waals surface area contributed by atoms with E-state index in [9.17, 15) is 27.6 Å². The Labute approximate surface area is 328 Å². The van der Waals surface area contributed by atoms with Crippen LogP contribution in [0.5, 0.6) is 17.4 Å². The third kappa shape index (κ3) is 8.59. The average Bonchev–Trinajstić information content (AvgIpc) is 4.05. The molecule has 1 saturated heterocycles. The Balaban J connectivity index is 1.41. The number of hydrogen-bond acceptors (Lipinski definition) is 11. The smallest absolute Gasteiger partial charge is 0.407 e. The van der Waals surface area contributed by atoms with Crippen LogP contribution < -0.4 is 29.6 Å². The van der Waals surface area contributed by atoms with Crippen LogP contribution in [0.1, 0.15) is 79.2 Å². The standard InChI is InChI=1S/C40H53N5O10S/c1-9-24-20-40(24,36(48)44-56(50,51)26-13-14-26)43-34(46)29-17-25-21-45(29)35(47)33(38(3,4)5)42-37(49)54-22-39(6,7)15-11-12-23-16-27-28(18-30(23)52-8)41-32(53-10-2)19-31(27)55-25/h9,11-12,16,18-19,24-26,29,33H,1,10,13-15,17,20-22H2,2-8H3,(H,42,49)(H,43,46)(H,44,48)/b12-11+/t24-,25+,29-,33+,40+/m0/s1. The molecule has 15 nitrogen and oxygen atoms in total. The Kier molecular flexibility index (Phi) is 11.1. The number of alkyl carbamates (subject to hydrolysis) is 1. The van der Waals surface area contributed by atoms with E-state index in [1.165, 1.54) is 11.0 Å². The van der Waals surface area contributed by atoms with Gasteiger partial charge in [0.1, 0.15) is 35.2 Å². The van der Waals surface area contributed by atoms with Gasteiger partial charge < -0.3 is 34.5 Å². The molecule has 56 heavy (non-hydrogen) atoms. The van der Waals surface area contributed by atoms with Gasteiger partial charge in [-0.1, -0.05) is 52.8 Å². The van der Waals surface area contributed by atoms with Crippen LogP contribution in [-0.4, -0.2) is 98.0 Å². The lowest BCUT2D eigenvalue weighted by atomic mass is 9.85. The Morgan fingerprint density at radius 1 is 1.18 bits per heavy atom. The molecule has 0 radical (unpaired) electrons. The Morgan fingerprint density at radius 2 is 1.91 bits per heavy atom. The van der Waals surface area contributed by atoms with Crippen molar-refractivity contribution in [3.05, 3.63) is 42.5 Å². The quantitative estimate of drug-likeness (QED) is 0.308. The summed E-state index contributed by atoms with van der Waals surface area (Å²) in [4.78, 5) is 62.0. The fraction of sp³-hybridized carbons (Fsp3) is 0.575. The van der Waals surface area contributed by atoms with Gasteiger partial charge in [0.05, 0.1) is 37.6 Å². The summed E-state index contributed by atoms with van der Waals surface area (Å²) in [5.41, 5.74) is -1.60. The van der Waals surface area contributed by atoms with E-state index in [2.05, 4.69) is 26.9 Å². The molecular formula is C40H53N5O10S. The van der Waals surface area contributed by atoms with Crippen LogP contribution in [0, 0.1) is 16.7 Å². The molecule has 1 aromatic heterocycles. The minimum atomic E-state index is -3.92. The van der Waals surface area contributed by atoms with Gasteiger partial charge in [0.15, 0.2) is 0 Å². The number of nitrogens with one attached hydrogen (secondary N) is 3. The van der Waals surface area contributed by atoms with E-state index >= 15 is 0 Å². The summed E-state index contributed by atoms with van der Waals surface area (Å²) in [5, 5.41) is 5.55. The second-order valence-corrected chi connectivity index (χ2v) is 18.9. The lowest BCUT2D eigenvalue weighted by Crippen LogP contribution is -2.60. The maximum absolute atomic E-state index is 14.7. The first-order valence-electron chi connectivity index (χ1n) is 19.0. The number of ether oxygens (including phenoxy) is 4. The molecule has 4 bridgehead atoms. The highest BCUT2D eigenvalue weighted by Gasteiger charge is 2.62. The van der Waals surface area contributed by atoms with E-state index in [0.29, 0.717) is 54.2 Å². The Hall–Kier alpha value is -4.86. The van der Waals surface area contributed by atoms with Gasteiger partial charge in [-0.3, -0.25) is 19.1 Å². The third-order valence-corrected chi connectivity index (χ3v) is 12.5. The SMILES string of the molecule is C=C[C@H]1C[C@]1(NC(=O)[C@@H]1C[C@@H]2CN1C(=O)[C@H](C(C)(C)C)NC(=O)OCC(C)(C)C/C=C/c1cc3c(cc(OCC)nc3cc1OC)O2)C(=O)NS(=O)(=O)C1CC1. The molecule has 3 fully saturated rings. The fourth-order valence-electron chi connectivity index (χ4n) is 7.22. The van der Waals surface area contributed by atoms with Crippen molar-refractivity contribution in [1.29, 1.82) is 0 Å². The van der Waals surface area contributed by atoms with Gasteiger partial charge in [0.25, 0.3) is 5.91 Å². The topological polar surface area (TPSA) is 192 Å². The number of allylic oxidation sites excluding steroid dienone is 1. The number of fused-ring (bicyclic) bond motifs is 3. The van der Waals surface area contributed by atoms with Gasteiger partial charge >= 0.3 is 6.09 Å². The maximum atomic E-state index is 14.7. The van der Waals surface area contributed by atoms with Gasteiger partial charge in [-0.05, 0) is 44.1 Å². The zero-order valence-electron chi connectivity index (χ0n) is 33.1. The first-order chi connectivity index (χ1) is 26.3. The number of amides is 4. The van der Waals surface area contributed by atoms with Gasteiger partial charge in [-0.25, -0.2) is 18.2 Å². The molecule has 304 valence electrons. The van der Waals surface area contributed by atoms with Gasteiger partial charge in [-0.15, -0.1) is 6.58 Å². The molecular weight excluding hydrogens is 743 g/mol. The van der Waals surface area contributed by atoms with Gasteiger partial charge in [-0.2, -0.15) is 0 Å². The van der Waals surface area contributed by atoms with Crippen LogP contribution in [0.4, 0.5) is 4.79 Å². The molecule has 3 heterocycles. The second kappa shape index (κ2) is 15.2. The maximum Gasteiger partial charge on any atom is 0.407 e. The number of cyclic esters (lactones) is 1. The summed E-state index contributed by atoms with van der Waals surface area (Å²) in [6.45, 7) is 15.2. The summed E-state index contributed by atoms with van der Waals surface area (Å²) in [5.74, 6) is -1.36. The largest absolute Gasteiger partial charge is 0.496 e. The minimum absolute atomic E-state index is 0.000594. The molecule has 3 N–H and O–H groups in total. The molecule has 2 aliphatic heterocycles. The summed E-state index contributed by atoms with van der Waals surface area (Å²) < 4.78 is 51.5. The van der Waals surface area contributed by atoms with Crippen LogP contribution in [0.15, 0.2) is 36.9 Å². The fourth-order valence-corrected chi connectivity index (χ4v) is 8.58. The third-order valence-electron chi connectivity index (χ3n) is 10.7. The number of carbonyl (C=O) groups is 4. The number of methoxy groups -OCH3 is 1. The predicted molar refractivity (Wildman–Crippen MR) is 208 cm³/mol. The van der Waals surface area contributed by atoms with Crippen LogP contribution in [0.2, 0.25) is 0 Å². The van der Waals surface area contributed by atoms with E-state index in [1.54, 1.807) is 40.0 Å². The number of rotatable bonds is 9. The van der Waals surface area contributed by atoms with Crippen molar-refractivity contribution < 1.29 is 46.5 Å². The molecule has 5 atom stereocenters. The average molecular weight is 796 g/mol. The van der Waals surface area contributed by atoms with Crippen LogP contribution >= 0.6 is 0 Å². The van der Waals surface area contributed by atoms with Crippen molar-refractivity contribution >= 4 is 50.8 Å². The van der Waals surface area contributed by atoms with Crippen LogP contribution in [0.25, 0.3) is 17.0 Å². The molecule has 2 saturated carbocycles. The lowest BCUT2D eigenvalue weighted by Gasteiger charge is -2.35. The molecule has 1 aromatic carbocycles. The number of sulfonamides is 1. The summed E-state index contributed by atoms with van der Waals surface area (Å²) in [7, 11) is -2.35. The molecule has 2 aromatic rings. The van der Waals surface area contributed by atoms with Crippen molar-refractivity contribution in [2.45, 2.75) is 103 Å². The predicted octanol–water partition coefficient (Wildman–Crippen LogP) is 4.24. The number of carbonyl (C=O) groups excluding carboxylic acids is 4. The zero-order chi connectivity index (χ0) is 40.8. The van der Waals surface area contributed by atoms with Crippen LogP contribution in [-0.2, 0) is 29.1 Å². The molecule has 0 spiro atoms. The van der Waals surface area contributed by atoms with Gasteiger partial charge in [0.2, 0.25) is 27.7 Å². The van der Waals surface area contributed by atoms with E-state index < -0.39 is 79.6 Å². The highest BCUT2D eigenvalue weighted by Crippen LogP contribution is 2.46. The van der Waals surface area contributed by atoms with E-state index in [4.69, 9.17) is 18.9 Å². The molecule has 16 heteroatoms. The van der Waals surface area contributed by atoms with Crippen molar-refractivity contribution in [2.75, 3.05) is 26.9 Å². The number of nitrogens with zero attached hydrogens (tertiary/aromatic N) is 2. The molecule has 4 amide bonds. The van der Waals surface area contributed by atoms with Crippen molar-refractivity contribution in [2.24, 2.45) is 16.7 Å². The number of benzene rings is 1. The van der Waals surface area contributed by atoms with E-state index in [-0.39, 0.29) is 26.0 Å². The van der Waals surface area contributed by atoms with Crippen LogP contribution in [0.3, 0.4) is 0 Å². The molecule has 0 unspecified atom stereocenters. The number of aromatic nitrogens is 1. The Morgan fingerprint density at radius 3 is 2.54 bits per heavy atom. The summed E-state index contributed by atoms with van der Waals surface area (Å²) >= 11 is 0. The first kappa shape index (κ1) is 40.8. The highest BCUT2D eigenvalue weighted by atomic mass is 32.2. The lowest BCUT2D eigenvalue weighted by molar-refractivity contribution is -0.142. The Bertz CT molecular complexity index is 2060.